The molecule has 6 nitrogen and oxygen atoms in total. The van der Waals surface area contributed by atoms with Gasteiger partial charge in [-0.25, -0.2) is 4.79 Å². The molecule has 2 atom stereocenters. The summed E-state index contributed by atoms with van der Waals surface area (Å²) >= 11 is 0. The maximum atomic E-state index is 12.9. The zero-order chi connectivity index (χ0) is 18.1. The topological polar surface area (TPSA) is 69.7 Å². The van der Waals surface area contributed by atoms with E-state index in [-0.39, 0.29) is 24.4 Å². The summed E-state index contributed by atoms with van der Waals surface area (Å²) in [4.78, 5) is 40.3. The number of rotatable bonds is 4. The number of nitrogens with one attached hydrogen (secondary N) is 1. The average Bonchev–Trinajstić information content (AvgIpc) is 2.81. The number of anilines is 1. The third-order valence-corrected chi connectivity index (χ3v) is 4.90. The highest BCUT2D eigenvalue weighted by molar-refractivity contribution is 6.08. The fourth-order valence-electron chi connectivity index (χ4n) is 3.64. The normalized spacial score (nSPS) is 23.0. The Labute approximate surface area is 148 Å². The van der Waals surface area contributed by atoms with E-state index in [2.05, 4.69) is 5.32 Å². The van der Waals surface area contributed by atoms with Crippen LogP contribution in [0.25, 0.3) is 0 Å². The van der Waals surface area contributed by atoms with Gasteiger partial charge in [-0.1, -0.05) is 32.0 Å². The Hall–Kier alpha value is -2.37. The van der Waals surface area contributed by atoms with Crippen molar-refractivity contribution in [3.8, 4) is 0 Å². The number of carbonyl (C=O) groups excluding carboxylic acids is 3. The Bertz CT molecular complexity index is 701. The third-order valence-electron chi connectivity index (χ3n) is 4.90. The number of fused-ring (bicyclic) bond motifs is 1. The first-order chi connectivity index (χ1) is 11.9. The number of benzene rings is 1. The number of urea groups is 1. The molecular formula is C19H25N3O3. The molecule has 0 spiro atoms. The third kappa shape index (κ3) is 3.38. The fraction of sp³-hybridized carbons (Fsp3) is 0.526. The van der Waals surface area contributed by atoms with E-state index in [1.807, 2.05) is 45.0 Å². The van der Waals surface area contributed by atoms with E-state index in [1.54, 1.807) is 4.90 Å². The van der Waals surface area contributed by atoms with Crippen molar-refractivity contribution in [2.75, 3.05) is 11.4 Å². The summed E-state index contributed by atoms with van der Waals surface area (Å²) in [5.74, 6) is -0.225. The molecule has 2 aliphatic heterocycles. The van der Waals surface area contributed by atoms with E-state index in [0.717, 1.165) is 29.0 Å². The van der Waals surface area contributed by atoms with Crippen LogP contribution in [0.2, 0.25) is 0 Å². The highest BCUT2D eigenvalue weighted by atomic mass is 16.2. The summed E-state index contributed by atoms with van der Waals surface area (Å²) in [6.45, 7) is 5.79. The molecule has 6 heteroatoms. The number of aryl methyl sites for hydroxylation is 1. The van der Waals surface area contributed by atoms with Gasteiger partial charge in [0.25, 0.3) is 5.91 Å². The summed E-state index contributed by atoms with van der Waals surface area (Å²) in [7, 11) is 0. The van der Waals surface area contributed by atoms with E-state index in [4.69, 9.17) is 0 Å². The lowest BCUT2D eigenvalue weighted by atomic mass is 9.96. The maximum absolute atomic E-state index is 12.9. The van der Waals surface area contributed by atoms with Crippen molar-refractivity contribution in [3.05, 3.63) is 29.8 Å². The number of para-hydroxylation sites is 1. The fourth-order valence-corrected chi connectivity index (χ4v) is 3.64. The number of hydrogen-bond donors (Lipinski definition) is 1. The highest BCUT2D eigenvalue weighted by Gasteiger charge is 2.40. The molecule has 134 valence electrons. The Morgan fingerprint density at radius 3 is 2.72 bits per heavy atom. The van der Waals surface area contributed by atoms with Crippen molar-refractivity contribution < 1.29 is 14.4 Å². The molecule has 1 N–H and O–H groups in total. The van der Waals surface area contributed by atoms with Gasteiger partial charge in [-0.05, 0) is 43.7 Å². The minimum atomic E-state index is -0.522. The first-order valence-electron chi connectivity index (χ1n) is 8.90. The van der Waals surface area contributed by atoms with Crippen molar-refractivity contribution in [1.29, 1.82) is 0 Å². The smallest absolute Gasteiger partial charge is 0.325 e. The number of carbonyl (C=O) groups is 3. The minimum absolute atomic E-state index is 0.0506. The SMILES string of the molecule is CC(C)C[C@@H]1NC(=O)N(CC(=O)N2c3ccccc3CC[C@@H]2C)C1=O. The lowest BCUT2D eigenvalue weighted by Crippen LogP contribution is -2.48. The molecule has 3 rings (SSSR count). The monoisotopic (exact) mass is 343 g/mol. The van der Waals surface area contributed by atoms with Crippen LogP contribution in [0.5, 0.6) is 0 Å². The summed E-state index contributed by atoms with van der Waals surface area (Å²) in [5, 5.41) is 2.69. The molecule has 0 saturated carbocycles. The predicted octanol–water partition coefficient (Wildman–Crippen LogP) is 2.32. The summed E-state index contributed by atoms with van der Waals surface area (Å²) in [6, 6.07) is 6.88. The molecule has 0 radical (unpaired) electrons. The van der Waals surface area contributed by atoms with Crippen LogP contribution in [0.3, 0.4) is 0 Å². The number of hydrogen-bond acceptors (Lipinski definition) is 3. The van der Waals surface area contributed by atoms with Crippen molar-refractivity contribution in [2.24, 2.45) is 5.92 Å². The van der Waals surface area contributed by atoms with Crippen LogP contribution in [0.4, 0.5) is 10.5 Å². The molecule has 1 aromatic rings. The molecular weight excluding hydrogens is 318 g/mol. The lowest BCUT2D eigenvalue weighted by Gasteiger charge is -2.36. The minimum Gasteiger partial charge on any atom is -0.326 e. The van der Waals surface area contributed by atoms with Crippen molar-refractivity contribution in [3.63, 3.8) is 0 Å². The molecule has 1 aromatic carbocycles. The molecule has 1 fully saturated rings. The molecule has 0 aromatic heterocycles. The summed E-state index contributed by atoms with van der Waals surface area (Å²) in [5.41, 5.74) is 2.01. The van der Waals surface area contributed by atoms with Gasteiger partial charge in [0.1, 0.15) is 12.6 Å². The van der Waals surface area contributed by atoms with Crippen molar-refractivity contribution >= 4 is 23.5 Å². The van der Waals surface area contributed by atoms with Crippen molar-refractivity contribution in [2.45, 2.75) is 52.1 Å². The van der Waals surface area contributed by atoms with Gasteiger partial charge in [0, 0.05) is 11.7 Å². The largest absolute Gasteiger partial charge is 0.326 e. The predicted molar refractivity (Wildman–Crippen MR) is 95.2 cm³/mol. The molecule has 4 amide bonds. The Morgan fingerprint density at radius 1 is 1.28 bits per heavy atom. The van der Waals surface area contributed by atoms with E-state index in [0.29, 0.717) is 12.3 Å². The summed E-state index contributed by atoms with van der Waals surface area (Å²) < 4.78 is 0. The summed E-state index contributed by atoms with van der Waals surface area (Å²) in [6.07, 6.45) is 2.39. The Kier molecular flexibility index (Phi) is 4.79. The number of imide groups is 1. The van der Waals surface area contributed by atoms with Gasteiger partial charge in [-0.2, -0.15) is 0 Å². The lowest BCUT2D eigenvalue weighted by molar-refractivity contribution is -0.131. The highest BCUT2D eigenvalue weighted by Crippen LogP contribution is 2.30. The Balaban J connectivity index is 1.76. The van der Waals surface area contributed by atoms with Gasteiger partial charge in [0.05, 0.1) is 0 Å². The number of amides is 4. The van der Waals surface area contributed by atoms with Gasteiger partial charge in [-0.15, -0.1) is 0 Å². The van der Waals surface area contributed by atoms with Gasteiger partial charge in [-0.3, -0.25) is 14.5 Å². The van der Waals surface area contributed by atoms with Gasteiger partial charge >= 0.3 is 6.03 Å². The maximum Gasteiger partial charge on any atom is 0.325 e. The molecule has 2 heterocycles. The van der Waals surface area contributed by atoms with E-state index < -0.39 is 12.1 Å². The molecule has 1 saturated heterocycles. The van der Waals surface area contributed by atoms with Gasteiger partial charge in [0.2, 0.25) is 5.91 Å². The quantitative estimate of drug-likeness (QED) is 0.853. The standard InChI is InChI=1S/C19H25N3O3/c1-12(2)10-15-18(24)21(19(25)20-15)11-17(23)22-13(3)8-9-14-6-4-5-7-16(14)22/h4-7,12-13,15H,8-11H2,1-3H3,(H,20,25)/t13-,15-/m0/s1. The van der Waals surface area contributed by atoms with Crippen LogP contribution in [-0.4, -0.2) is 41.4 Å². The van der Waals surface area contributed by atoms with Gasteiger partial charge in [0.15, 0.2) is 0 Å². The average molecular weight is 343 g/mol. The Morgan fingerprint density at radius 2 is 2.00 bits per heavy atom. The van der Waals surface area contributed by atoms with E-state index in [1.165, 1.54) is 0 Å². The van der Waals surface area contributed by atoms with Crippen LogP contribution in [-0.2, 0) is 16.0 Å². The second kappa shape index (κ2) is 6.86. The second-order valence-electron chi connectivity index (χ2n) is 7.34. The molecule has 0 unspecified atom stereocenters. The van der Waals surface area contributed by atoms with Crippen LogP contribution >= 0.6 is 0 Å². The van der Waals surface area contributed by atoms with Crippen LogP contribution in [0.1, 0.15) is 39.2 Å². The molecule has 25 heavy (non-hydrogen) atoms. The first-order valence-corrected chi connectivity index (χ1v) is 8.90. The van der Waals surface area contributed by atoms with Crippen LogP contribution in [0.15, 0.2) is 24.3 Å². The van der Waals surface area contributed by atoms with Gasteiger partial charge < -0.3 is 10.2 Å². The zero-order valence-corrected chi connectivity index (χ0v) is 15.0. The number of nitrogens with zero attached hydrogens (tertiary/aromatic N) is 2. The van der Waals surface area contributed by atoms with E-state index >= 15 is 0 Å². The van der Waals surface area contributed by atoms with Crippen LogP contribution in [0, 0.1) is 5.92 Å². The molecule has 0 aliphatic carbocycles. The first kappa shape index (κ1) is 17.5. The molecule has 0 bridgehead atoms. The second-order valence-corrected chi connectivity index (χ2v) is 7.34. The zero-order valence-electron chi connectivity index (χ0n) is 15.0. The van der Waals surface area contributed by atoms with Crippen molar-refractivity contribution in [1.82, 2.24) is 10.2 Å². The van der Waals surface area contributed by atoms with Crippen LogP contribution < -0.4 is 10.2 Å². The molecule has 2 aliphatic rings. The van der Waals surface area contributed by atoms with E-state index in [9.17, 15) is 14.4 Å².